The molecule has 0 aliphatic rings. The topological polar surface area (TPSA) is 58.6 Å². The highest BCUT2D eigenvalue weighted by molar-refractivity contribution is 5.90. The number of benzene rings is 3. The number of likely N-dealkylation sites (N-methyl/N-ethyl adjacent to an activating group) is 1. The molecule has 0 aromatic heterocycles. The summed E-state index contributed by atoms with van der Waals surface area (Å²) in [6.07, 6.45) is 0. The summed E-state index contributed by atoms with van der Waals surface area (Å²) >= 11 is 0. The molecule has 0 saturated heterocycles. The van der Waals surface area contributed by atoms with Crippen LogP contribution >= 0.6 is 0 Å². The Morgan fingerprint density at radius 1 is 1.03 bits per heavy atom. The summed E-state index contributed by atoms with van der Waals surface area (Å²) < 4.78 is 20.0. The molecule has 0 spiro atoms. The third-order valence-corrected chi connectivity index (χ3v) is 4.92. The number of carbonyl (C=O) groups excluding carboxylic acids is 2. The second-order valence-electron chi connectivity index (χ2n) is 6.95. The van der Waals surface area contributed by atoms with Crippen LogP contribution < -0.4 is 10.1 Å². The van der Waals surface area contributed by atoms with Crippen molar-refractivity contribution in [2.24, 2.45) is 0 Å². The van der Waals surface area contributed by atoms with Gasteiger partial charge >= 0.3 is 0 Å². The van der Waals surface area contributed by atoms with Crippen LogP contribution in [0.4, 0.5) is 4.39 Å². The maximum absolute atomic E-state index is 14.2. The lowest BCUT2D eigenvalue weighted by molar-refractivity contribution is -0.142. The minimum atomic E-state index is -0.770. The molecule has 1 N–H and O–H groups in total. The van der Waals surface area contributed by atoms with Gasteiger partial charge in [0.25, 0.3) is 5.91 Å². The number of ether oxygens (including phenoxy) is 1. The van der Waals surface area contributed by atoms with E-state index in [9.17, 15) is 14.0 Å². The van der Waals surface area contributed by atoms with Gasteiger partial charge in [-0.15, -0.1) is 0 Å². The van der Waals surface area contributed by atoms with Crippen LogP contribution in [0.5, 0.6) is 5.75 Å². The summed E-state index contributed by atoms with van der Waals surface area (Å²) in [4.78, 5) is 26.7. The average molecular weight is 408 g/mol. The Labute approximate surface area is 175 Å². The Morgan fingerprint density at radius 2 is 1.73 bits per heavy atom. The zero-order chi connectivity index (χ0) is 21.5. The Morgan fingerprint density at radius 3 is 2.50 bits per heavy atom. The highest BCUT2D eigenvalue weighted by Crippen LogP contribution is 2.25. The van der Waals surface area contributed by atoms with E-state index in [0.29, 0.717) is 17.9 Å². The number of amides is 2. The number of fused-ring (bicyclic) bond motifs is 1. The van der Waals surface area contributed by atoms with Crippen molar-refractivity contribution in [3.05, 3.63) is 78.1 Å². The van der Waals surface area contributed by atoms with Crippen molar-refractivity contribution >= 4 is 22.6 Å². The van der Waals surface area contributed by atoms with Crippen molar-refractivity contribution in [1.29, 1.82) is 0 Å². The number of rotatable bonds is 8. The molecule has 30 heavy (non-hydrogen) atoms. The number of nitrogens with zero attached hydrogens (tertiary/aromatic N) is 1. The van der Waals surface area contributed by atoms with Gasteiger partial charge in [-0.2, -0.15) is 0 Å². The Hall–Kier alpha value is -3.41. The molecular weight excluding hydrogens is 383 g/mol. The molecule has 0 radical (unpaired) electrons. The van der Waals surface area contributed by atoms with Gasteiger partial charge in [0.2, 0.25) is 5.91 Å². The van der Waals surface area contributed by atoms with E-state index >= 15 is 0 Å². The highest BCUT2D eigenvalue weighted by Gasteiger charge is 2.27. The van der Waals surface area contributed by atoms with Crippen LogP contribution in [0.25, 0.3) is 10.8 Å². The van der Waals surface area contributed by atoms with E-state index in [1.165, 1.54) is 11.0 Å². The minimum absolute atomic E-state index is 0.0251. The average Bonchev–Trinajstić information content (AvgIpc) is 2.76. The van der Waals surface area contributed by atoms with Gasteiger partial charge in [-0.1, -0.05) is 54.6 Å². The molecule has 3 aromatic carbocycles. The number of hydrogen-bond donors (Lipinski definition) is 1. The standard InChI is InChI=1S/C24H25FN2O3/c1-3-26-24(29)17(2)27(15-19-10-5-7-13-21(19)25)23(28)16-30-22-14-8-11-18-9-4-6-12-20(18)22/h4-14,17H,3,15-16H2,1-2H3,(H,26,29)/t17-/m1/s1. The van der Waals surface area contributed by atoms with Gasteiger partial charge in [-0.25, -0.2) is 4.39 Å². The largest absolute Gasteiger partial charge is 0.483 e. The lowest BCUT2D eigenvalue weighted by Crippen LogP contribution is -2.49. The highest BCUT2D eigenvalue weighted by atomic mass is 19.1. The van der Waals surface area contributed by atoms with Crippen LogP contribution in [0, 0.1) is 5.82 Å². The third kappa shape index (κ3) is 4.95. The fourth-order valence-electron chi connectivity index (χ4n) is 3.26. The van der Waals surface area contributed by atoms with E-state index in [4.69, 9.17) is 4.74 Å². The van der Waals surface area contributed by atoms with E-state index < -0.39 is 17.8 Å². The first-order valence-corrected chi connectivity index (χ1v) is 9.92. The third-order valence-electron chi connectivity index (χ3n) is 4.92. The van der Waals surface area contributed by atoms with E-state index in [1.807, 2.05) is 36.4 Å². The predicted octanol–water partition coefficient (Wildman–Crippen LogP) is 3.91. The Bertz CT molecular complexity index is 1030. The van der Waals surface area contributed by atoms with Crippen molar-refractivity contribution in [1.82, 2.24) is 10.2 Å². The van der Waals surface area contributed by atoms with Gasteiger partial charge in [-0.05, 0) is 31.4 Å². The molecule has 0 unspecified atom stereocenters. The molecule has 0 fully saturated rings. The second-order valence-corrected chi connectivity index (χ2v) is 6.95. The summed E-state index contributed by atoms with van der Waals surface area (Å²) in [5.74, 6) is -0.538. The summed E-state index contributed by atoms with van der Waals surface area (Å²) in [6.45, 7) is 3.59. The molecular formula is C24H25FN2O3. The summed E-state index contributed by atoms with van der Waals surface area (Å²) in [5, 5.41) is 4.61. The molecule has 2 amide bonds. The quantitative estimate of drug-likeness (QED) is 0.615. The zero-order valence-electron chi connectivity index (χ0n) is 17.1. The van der Waals surface area contributed by atoms with Crippen molar-refractivity contribution in [3.63, 3.8) is 0 Å². The summed E-state index contributed by atoms with van der Waals surface area (Å²) in [7, 11) is 0. The molecule has 5 nitrogen and oxygen atoms in total. The fourth-order valence-corrected chi connectivity index (χ4v) is 3.26. The minimum Gasteiger partial charge on any atom is -0.483 e. The van der Waals surface area contributed by atoms with Crippen LogP contribution in [0.15, 0.2) is 66.7 Å². The predicted molar refractivity (Wildman–Crippen MR) is 115 cm³/mol. The van der Waals surface area contributed by atoms with Crippen molar-refractivity contribution in [2.45, 2.75) is 26.4 Å². The van der Waals surface area contributed by atoms with Gasteiger partial charge in [0.15, 0.2) is 6.61 Å². The molecule has 0 aliphatic heterocycles. The lowest BCUT2D eigenvalue weighted by Gasteiger charge is -2.28. The van der Waals surface area contributed by atoms with Crippen LogP contribution in [0.1, 0.15) is 19.4 Å². The van der Waals surface area contributed by atoms with Gasteiger partial charge in [0.1, 0.15) is 17.6 Å². The van der Waals surface area contributed by atoms with Crippen LogP contribution in [-0.4, -0.2) is 35.9 Å². The van der Waals surface area contributed by atoms with Crippen LogP contribution in [0.3, 0.4) is 0 Å². The Kier molecular flexibility index (Phi) is 7.01. The maximum Gasteiger partial charge on any atom is 0.261 e. The van der Waals surface area contributed by atoms with E-state index in [1.54, 1.807) is 38.1 Å². The molecule has 0 saturated carbocycles. The normalized spacial score (nSPS) is 11.7. The first-order chi connectivity index (χ1) is 14.5. The van der Waals surface area contributed by atoms with Crippen LogP contribution in [-0.2, 0) is 16.1 Å². The first-order valence-electron chi connectivity index (χ1n) is 9.92. The van der Waals surface area contributed by atoms with Gasteiger partial charge < -0.3 is 15.0 Å². The SMILES string of the molecule is CCNC(=O)[C@@H](C)N(Cc1ccccc1F)C(=O)COc1cccc2ccccc12. The van der Waals surface area contributed by atoms with E-state index in [2.05, 4.69) is 5.32 Å². The molecule has 3 aromatic rings. The van der Waals surface area contributed by atoms with Crippen molar-refractivity contribution in [3.8, 4) is 5.75 Å². The summed E-state index contributed by atoms with van der Waals surface area (Å²) in [6, 6.07) is 18.8. The number of carbonyl (C=O) groups is 2. The van der Waals surface area contributed by atoms with Gasteiger partial charge in [0, 0.05) is 24.0 Å². The monoisotopic (exact) mass is 408 g/mol. The molecule has 156 valence electrons. The van der Waals surface area contributed by atoms with Crippen LogP contribution in [0.2, 0.25) is 0 Å². The number of nitrogens with one attached hydrogen (secondary N) is 1. The molecule has 0 aliphatic carbocycles. The molecule has 3 rings (SSSR count). The fraction of sp³-hybridized carbons (Fsp3) is 0.250. The zero-order valence-corrected chi connectivity index (χ0v) is 17.1. The second kappa shape index (κ2) is 9.87. The molecule has 0 bridgehead atoms. The molecule has 1 atom stereocenters. The van der Waals surface area contributed by atoms with Crippen molar-refractivity contribution in [2.75, 3.05) is 13.2 Å². The molecule has 0 heterocycles. The number of halogens is 1. The van der Waals surface area contributed by atoms with Crippen molar-refractivity contribution < 1.29 is 18.7 Å². The lowest BCUT2D eigenvalue weighted by atomic mass is 10.1. The Balaban J connectivity index is 1.80. The van der Waals surface area contributed by atoms with E-state index in [0.717, 1.165) is 10.8 Å². The maximum atomic E-state index is 14.2. The van der Waals surface area contributed by atoms with E-state index in [-0.39, 0.29) is 19.1 Å². The number of hydrogen-bond acceptors (Lipinski definition) is 3. The summed E-state index contributed by atoms with van der Waals surface area (Å²) in [5.41, 5.74) is 0.340. The first kappa shape index (κ1) is 21.3. The smallest absolute Gasteiger partial charge is 0.261 e. The van der Waals surface area contributed by atoms with Gasteiger partial charge in [0.05, 0.1) is 0 Å². The van der Waals surface area contributed by atoms with Gasteiger partial charge in [-0.3, -0.25) is 9.59 Å². The molecule has 6 heteroatoms.